The molecule has 1 N–H and O–H groups in total. The van der Waals surface area contributed by atoms with Crippen molar-refractivity contribution in [3.63, 3.8) is 0 Å². The summed E-state index contributed by atoms with van der Waals surface area (Å²) in [5, 5.41) is 2.72. The molecule has 7 heteroatoms. The van der Waals surface area contributed by atoms with Crippen LogP contribution < -0.4 is 5.32 Å². The first-order valence-electron chi connectivity index (χ1n) is 7.43. The SMILES string of the molecule is CCOC(=O)NC1CCCN(S(=O)(=O)c2ccc(C)cc2)C1. The summed E-state index contributed by atoms with van der Waals surface area (Å²) < 4.78 is 31.5. The van der Waals surface area contributed by atoms with Crippen LogP contribution >= 0.6 is 0 Å². The second-order valence-electron chi connectivity index (χ2n) is 5.38. The Hall–Kier alpha value is -1.60. The normalized spacial score (nSPS) is 19.6. The summed E-state index contributed by atoms with van der Waals surface area (Å²) in [6.07, 6.45) is 0.961. The Labute approximate surface area is 131 Å². The molecule has 1 unspecified atom stereocenters. The van der Waals surface area contributed by atoms with Gasteiger partial charge in [-0.25, -0.2) is 13.2 Å². The van der Waals surface area contributed by atoms with Crippen molar-refractivity contribution in [2.24, 2.45) is 0 Å². The molecule has 0 bridgehead atoms. The molecule has 1 amide bonds. The molecule has 0 aromatic heterocycles. The Balaban J connectivity index is 2.07. The van der Waals surface area contributed by atoms with Gasteiger partial charge in [-0.1, -0.05) is 17.7 Å². The van der Waals surface area contributed by atoms with Gasteiger partial charge in [0.15, 0.2) is 0 Å². The molecule has 6 nitrogen and oxygen atoms in total. The van der Waals surface area contributed by atoms with Crippen LogP contribution in [0, 0.1) is 6.92 Å². The average Bonchev–Trinajstić information content (AvgIpc) is 2.48. The molecular weight excluding hydrogens is 304 g/mol. The molecule has 2 rings (SSSR count). The summed E-state index contributed by atoms with van der Waals surface area (Å²) in [6, 6.07) is 6.59. The van der Waals surface area contributed by atoms with Gasteiger partial charge < -0.3 is 10.1 Å². The van der Waals surface area contributed by atoms with E-state index < -0.39 is 16.1 Å². The highest BCUT2D eigenvalue weighted by Crippen LogP contribution is 2.21. The van der Waals surface area contributed by atoms with E-state index in [4.69, 9.17) is 4.74 Å². The highest BCUT2D eigenvalue weighted by molar-refractivity contribution is 7.89. The molecule has 1 aromatic carbocycles. The molecule has 0 radical (unpaired) electrons. The first-order chi connectivity index (χ1) is 10.4. The lowest BCUT2D eigenvalue weighted by molar-refractivity contribution is 0.142. The van der Waals surface area contributed by atoms with Crippen LogP contribution in [0.25, 0.3) is 0 Å². The smallest absolute Gasteiger partial charge is 0.407 e. The van der Waals surface area contributed by atoms with Crippen molar-refractivity contribution in [2.75, 3.05) is 19.7 Å². The summed E-state index contributed by atoms with van der Waals surface area (Å²) >= 11 is 0. The van der Waals surface area contributed by atoms with Crippen molar-refractivity contribution >= 4 is 16.1 Å². The van der Waals surface area contributed by atoms with E-state index in [1.165, 1.54) is 4.31 Å². The Morgan fingerprint density at radius 1 is 1.36 bits per heavy atom. The largest absolute Gasteiger partial charge is 0.450 e. The minimum absolute atomic E-state index is 0.215. The van der Waals surface area contributed by atoms with Gasteiger partial charge in [0.1, 0.15) is 0 Å². The van der Waals surface area contributed by atoms with E-state index in [0.29, 0.717) is 19.6 Å². The number of benzene rings is 1. The molecule has 1 aliphatic heterocycles. The fourth-order valence-corrected chi connectivity index (χ4v) is 4.00. The maximum atomic E-state index is 12.6. The standard InChI is InChI=1S/C15H22N2O4S/c1-3-21-15(18)16-13-5-4-10-17(11-13)22(19,20)14-8-6-12(2)7-9-14/h6-9,13H,3-5,10-11H2,1-2H3,(H,16,18). The maximum absolute atomic E-state index is 12.6. The first kappa shape index (κ1) is 16.8. The number of aryl methyl sites for hydroxylation is 1. The maximum Gasteiger partial charge on any atom is 0.407 e. The molecule has 0 spiro atoms. The molecule has 0 aliphatic carbocycles. The van der Waals surface area contributed by atoms with Crippen molar-refractivity contribution in [1.29, 1.82) is 0 Å². The minimum Gasteiger partial charge on any atom is -0.450 e. The zero-order valence-electron chi connectivity index (χ0n) is 12.9. The van der Waals surface area contributed by atoms with Gasteiger partial charge in [-0.3, -0.25) is 0 Å². The van der Waals surface area contributed by atoms with Crippen molar-refractivity contribution in [3.8, 4) is 0 Å². The number of hydrogen-bond acceptors (Lipinski definition) is 4. The number of nitrogens with one attached hydrogen (secondary N) is 1. The molecular formula is C15H22N2O4S. The minimum atomic E-state index is -3.52. The molecule has 1 fully saturated rings. The molecule has 0 saturated carbocycles. The lowest BCUT2D eigenvalue weighted by atomic mass is 10.1. The number of alkyl carbamates (subject to hydrolysis) is 1. The first-order valence-corrected chi connectivity index (χ1v) is 8.87. The van der Waals surface area contributed by atoms with Crippen molar-refractivity contribution < 1.29 is 17.9 Å². The zero-order valence-corrected chi connectivity index (χ0v) is 13.7. The Morgan fingerprint density at radius 3 is 2.68 bits per heavy atom. The molecule has 1 heterocycles. The third-order valence-corrected chi connectivity index (χ3v) is 5.52. The van der Waals surface area contributed by atoms with Gasteiger partial charge in [0, 0.05) is 19.1 Å². The predicted octanol–water partition coefficient (Wildman–Crippen LogP) is 1.89. The Morgan fingerprint density at radius 2 is 2.05 bits per heavy atom. The number of nitrogens with zero attached hydrogens (tertiary/aromatic N) is 1. The van der Waals surface area contributed by atoms with Gasteiger partial charge in [-0.15, -0.1) is 0 Å². The number of piperidine rings is 1. The summed E-state index contributed by atoms with van der Waals surface area (Å²) in [5.74, 6) is 0. The second kappa shape index (κ2) is 7.11. The van der Waals surface area contributed by atoms with E-state index in [1.807, 2.05) is 6.92 Å². The predicted molar refractivity (Wildman–Crippen MR) is 83.1 cm³/mol. The Bertz CT molecular complexity index is 613. The molecule has 1 saturated heterocycles. The number of sulfonamides is 1. The number of amides is 1. The molecule has 22 heavy (non-hydrogen) atoms. The topological polar surface area (TPSA) is 75.7 Å². The zero-order chi connectivity index (χ0) is 16.2. The lowest BCUT2D eigenvalue weighted by Crippen LogP contribution is -2.49. The van der Waals surface area contributed by atoms with Crippen LogP contribution in [0.5, 0.6) is 0 Å². The van der Waals surface area contributed by atoms with Crippen molar-refractivity contribution in [1.82, 2.24) is 9.62 Å². The van der Waals surface area contributed by atoms with Crippen LogP contribution in [0.4, 0.5) is 4.79 Å². The van der Waals surface area contributed by atoms with Crippen LogP contribution in [0.3, 0.4) is 0 Å². The number of carbonyl (C=O) groups is 1. The number of carbonyl (C=O) groups excluding carboxylic acids is 1. The van der Waals surface area contributed by atoms with Crippen LogP contribution in [0.2, 0.25) is 0 Å². The molecule has 1 atom stereocenters. The lowest BCUT2D eigenvalue weighted by Gasteiger charge is -2.32. The summed E-state index contributed by atoms with van der Waals surface area (Å²) in [6.45, 7) is 4.68. The van der Waals surface area contributed by atoms with Gasteiger partial charge >= 0.3 is 6.09 Å². The van der Waals surface area contributed by atoms with E-state index in [1.54, 1.807) is 31.2 Å². The van der Waals surface area contributed by atoms with E-state index in [2.05, 4.69) is 5.32 Å². The van der Waals surface area contributed by atoms with Gasteiger partial charge in [-0.2, -0.15) is 4.31 Å². The van der Waals surface area contributed by atoms with Gasteiger partial charge in [0.2, 0.25) is 10.0 Å². The summed E-state index contributed by atoms with van der Waals surface area (Å²) in [4.78, 5) is 11.8. The highest BCUT2D eigenvalue weighted by atomic mass is 32.2. The number of rotatable bonds is 4. The third kappa shape index (κ3) is 3.98. The van der Waals surface area contributed by atoms with Gasteiger partial charge in [-0.05, 0) is 38.8 Å². The van der Waals surface area contributed by atoms with E-state index >= 15 is 0 Å². The van der Waals surface area contributed by atoms with E-state index in [9.17, 15) is 13.2 Å². The third-order valence-electron chi connectivity index (χ3n) is 3.64. The van der Waals surface area contributed by atoms with Crippen molar-refractivity contribution in [2.45, 2.75) is 37.6 Å². The van der Waals surface area contributed by atoms with Crippen LogP contribution in [-0.2, 0) is 14.8 Å². The number of ether oxygens (including phenoxy) is 1. The molecule has 1 aromatic rings. The van der Waals surface area contributed by atoms with Crippen LogP contribution in [-0.4, -0.2) is 44.6 Å². The average molecular weight is 326 g/mol. The highest BCUT2D eigenvalue weighted by Gasteiger charge is 2.30. The van der Waals surface area contributed by atoms with E-state index in [-0.39, 0.29) is 17.5 Å². The number of hydrogen-bond donors (Lipinski definition) is 1. The van der Waals surface area contributed by atoms with Crippen LogP contribution in [0.1, 0.15) is 25.3 Å². The quantitative estimate of drug-likeness (QED) is 0.917. The molecule has 122 valence electrons. The second-order valence-corrected chi connectivity index (χ2v) is 7.32. The fraction of sp³-hybridized carbons (Fsp3) is 0.533. The summed E-state index contributed by atoms with van der Waals surface area (Å²) in [7, 11) is -3.52. The Kier molecular flexibility index (Phi) is 5.42. The fourth-order valence-electron chi connectivity index (χ4n) is 2.48. The monoisotopic (exact) mass is 326 g/mol. The van der Waals surface area contributed by atoms with Gasteiger partial charge in [0.25, 0.3) is 0 Å². The summed E-state index contributed by atoms with van der Waals surface area (Å²) in [5.41, 5.74) is 1.01. The van der Waals surface area contributed by atoms with Crippen LogP contribution in [0.15, 0.2) is 29.2 Å². The molecule has 1 aliphatic rings. The van der Waals surface area contributed by atoms with Crippen molar-refractivity contribution in [3.05, 3.63) is 29.8 Å². The van der Waals surface area contributed by atoms with E-state index in [0.717, 1.165) is 12.0 Å². The van der Waals surface area contributed by atoms with Gasteiger partial charge in [0.05, 0.1) is 11.5 Å².